The number of benzene rings is 3. The number of fused-ring (bicyclic) bond motifs is 1. The first kappa shape index (κ1) is 23.5. The Morgan fingerprint density at radius 2 is 1.83 bits per heavy atom. The fourth-order valence-corrected chi connectivity index (χ4v) is 5.14. The van der Waals surface area contributed by atoms with Crippen LogP contribution in [-0.4, -0.2) is 27.5 Å². The van der Waals surface area contributed by atoms with Crippen LogP contribution < -0.4 is 5.32 Å². The van der Waals surface area contributed by atoms with Crippen molar-refractivity contribution in [3.8, 4) is 11.3 Å². The molecule has 1 fully saturated rings. The third-order valence-electron chi connectivity index (χ3n) is 6.49. The van der Waals surface area contributed by atoms with E-state index in [0.29, 0.717) is 17.7 Å². The average molecular weight is 487 g/mol. The van der Waals surface area contributed by atoms with E-state index in [2.05, 4.69) is 5.32 Å². The molecular weight excluding hydrogens is 459 g/mol. The zero-order valence-corrected chi connectivity index (χ0v) is 20.4. The molecule has 2 unspecified atom stereocenters. The van der Waals surface area contributed by atoms with Gasteiger partial charge in [0.05, 0.1) is 29.1 Å². The van der Waals surface area contributed by atoms with Gasteiger partial charge in [0.2, 0.25) is 0 Å². The van der Waals surface area contributed by atoms with Gasteiger partial charge < -0.3 is 9.87 Å². The van der Waals surface area contributed by atoms with E-state index in [1.807, 2.05) is 60.7 Å². The molecule has 0 saturated heterocycles. The maximum absolute atomic E-state index is 14.0. The average Bonchev–Trinajstić information content (AvgIpc) is 3.71. The van der Waals surface area contributed by atoms with Gasteiger partial charge in [-0.2, -0.15) is 0 Å². The highest BCUT2D eigenvalue weighted by Crippen LogP contribution is 2.42. The minimum Gasteiger partial charge on any atom is -0.617 e. The van der Waals surface area contributed by atoms with Gasteiger partial charge in [-0.25, -0.2) is 9.37 Å². The van der Waals surface area contributed by atoms with E-state index in [-0.39, 0.29) is 23.7 Å². The molecule has 4 nitrogen and oxygen atoms in total. The number of hydrogen-bond acceptors (Lipinski definition) is 3. The monoisotopic (exact) mass is 486 g/mol. The molecule has 3 aromatic carbocycles. The van der Waals surface area contributed by atoms with Gasteiger partial charge in [-0.15, -0.1) is 0 Å². The predicted octanol–water partition coefficient (Wildman–Crippen LogP) is 5.84. The first-order chi connectivity index (χ1) is 17.0. The summed E-state index contributed by atoms with van der Waals surface area (Å²) in [5, 5.41) is 3.99. The normalized spacial score (nSPS) is 15.1. The topological polar surface area (TPSA) is 65.0 Å². The van der Waals surface area contributed by atoms with Gasteiger partial charge >= 0.3 is 0 Å². The lowest BCUT2D eigenvalue weighted by Crippen LogP contribution is -2.31. The summed E-state index contributed by atoms with van der Waals surface area (Å²) in [5.41, 5.74) is 4.49. The van der Waals surface area contributed by atoms with Gasteiger partial charge in [-0.05, 0) is 48.1 Å². The van der Waals surface area contributed by atoms with E-state index in [1.54, 1.807) is 12.3 Å². The van der Waals surface area contributed by atoms with Gasteiger partial charge in [0.15, 0.2) is 0 Å². The molecular formula is C29H27FN2O2S. The third kappa shape index (κ3) is 5.24. The van der Waals surface area contributed by atoms with E-state index < -0.39 is 11.2 Å². The Balaban J connectivity index is 1.64. The highest BCUT2D eigenvalue weighted by atomic mass is 32.2. The SMILES string of the molecule is C[S+]([O-])CCc1c(-c2ccccc2)nc2ccccc2c1C(=O)NC(c1cccc(F)c1)C1CC1. The molecule has 1 aliphatic carbocycles. The Kier molecular flexibility index (Phi) is 6.84. The number of amides is 1. The number of carbonyl (C=O) groups is 1. The van der Waals surface area contributed by atoms with Gasteiger partial charge in [0.1, 0.15) is 11.6 Å². The second kappa shape index (κ2) is 10.2. The predicted molar refractivity (Wildman–Crippen MR) is 139 cm³/mol. The lowest BCUT2D eigenvalue weighted by Gasteiger charge is -2.22. The van der Waals surface area contributed by atoms with Crippen molar-refractivity contribution >= 4 is 28.0 Å². The third-order valence-corrected chi connectivity index (χ3v) is 7.27. The van der Waals surface area contributed by atoms with Crippen molar-refractivity contribution in [1.29, 1.82) is 0 Å². The minimum absolute atomic E-state index is 0.209. The van der Waals surface area contributed by atoms with Gasteiger partial charge in [0.25, 0.3) is 5.91 Å². The Bertz CT molecular complexity index is 1360. The Hall–Kier alpha value is -3.22. The molecule has 4 aromatic rings. The fourth-order valence-electron chi connectivity index (χ4n) is 4.65. The molecule has 2 atom stereocenters. The quantitative estimate of drug-likeness (QED) is 0.318. The van der Waals surface area contributed by atoms with Crippen molar-refractivity contribution in [1.82, 2.24) is 10.3 Å². The van der Waals surface area contributed by atoms with Crippen LogP contribution in [0.2, 0.25) is 0 Å². The standard InChI is InChI=1S/C29H27FN2O2S/c1-35(34)17-16-24-26(29(33)32-27(20-14-15-20)21-10-7-11-22(30)18-21)23-12-5-6-13-25(23)31-28(24)19-8-3-2-4-9-19/h2-13,18,20,27H,14-17H2,1H3,(H,32,33). The largest absolute Gasteiger partial charge is 0.617 e. The number of halogens is 1. The number of rotatable bonds is 8. The molecule has 1 N–H and O–H groups in total. The van der Waals surface area contributed by atoms with Crippen LogP contribution in [0.4, 0.5) is 4.39 Å². The Labute approximate surface area is 207 Å². The summed E-state index contributed by atoms with van der Waals surface area (Å²) < 4.78 is 26.1. The van der Waals surface area contributed by atoms with E-state index in [1.165, 1.54) is 12.1 Å². The number of carbonyl (C=O) groups excluding carboxylic acids is 1. The molecule has 1 aromatic heterocycles. The van der Waals surface area contributed by atoms with Crippen molar-refractivity contribution < 1.29 is 13.7 Å². The van der Waals surface area contributed by atoms with Crippen molar-refractivity contribution in [2.45, 2.75) is 25.3 Å². The molecule has 0 bridgehead atoms. The van der Waals surface area contributed by atoms with E-state index >= 15 is 0 Å². The Morgan fingerprint density at radius 3 is 2.54 bits per heavy atom. The van der Waals surface area contributed by atoms with Crippen molar-refractivity contribution in [3.05, 3.63) is 101 Å². The molecule has 0 spiro atoms. The number of nitrogens with zero attached hydrogens (tertiary/aromatic N) is 1. The van der Waals surface area contributed by atoms with Crippen LogP contribution in [0.3, 0.4) is 0 Å². The molecule has 1 heterocycles. The first-order valence-electron chi connectivity index (χ1n) is 11.8. The fraction of sp³-hybridized carbons (Fsp3) is 0.241. The van der Waals surface area contributed by atoms with Crippen LogP contribution in [0.25, 0.3) is 22.2 Å². The molecule has 0 radical (unpaired) electrons. The van der Waals surface area contributed by atoms with Gasteiger partial charge in [-0.1, -0.05) is 71.8 Å². The van der Waals surface area contributed by atoms with Crippen LogP contribution in [-0.2, 0) is 17.6 Å². The van der Waals surface area contributed by atoms with Crippen LogP contribution >= 0.6 is 0 Å². The zero-order chi connectivity index (χ0) is 24.4. The summed E-state index contributed by atoms with van der Waals surface area (Å²) in [6.45, 7) is 0. The van der Waals surface area contributed by atoms with E-state index in [0.717, 1.165) is 46.1 Å². The van der Waals surface area contributed by atoms with Crippen molar-refractivity contribution in [3.63, 3.8) is 0 Å². The summed E-state index contributed by atoms with van der Waals surface area (Å²) in [6.07, 6.45) is 4.12. The second-order valence-electron chi connectivity index (χ2n) is 9.07. The molecule has 1 amide bonds. The molecule has 178 valence electrons. The zero-order valence-electron chi connectivity index (χ0n) is 19.5. The Morgan fingerprint density at radius 1 is 1.09 bits per heavy atom. The van der Waals surface area contributed by atoms with Gasteiger partial charge in [0, 0.05) is 17.4 Å². The molecule has 0 aliphatic heterocycles. The summed E-state index contributed by atoms with van der Waals surface area (Å²) in [6, 6.07) is 23.6. The lowest BCUT2D eigenvalue weighted by atomic mass is 9.93. The molecule has 35 heavy (non-hydrogen) atoms. The summed E-state index contributed by atoms with van der Waals surface area (Å²) in [5.74, 6) is 0.193. The number of pyridine rings is 1. The highest BCUT2D eigenvalue weighted by molar-refractivity contribution is 7.90. The molecule has 5 rings (SSSR count). The second-order valence-corrected chi connectivity index (χ2v) is 10.6. The van der Waals surface area contributed by atoms with E-state index in [4.69, 9.17) is 4.98 Å². The van der Waals surface area contributed by atoms with Gasteiger partial charge in [-0.3, -0.25) is 4.79 Å². The van der Waals surface area contributed by atoms with Crippen molar-refractivity contribution in [2.24, 2.45) is 5.92 Å². The highest BCUT2D eigenvalue weighted by Gasteiger charge is 2.35. The maximum atomic E-state index is 14.0. The minimum atomic E-state index is -1.03. The number of nitrogens with one attached hydrogen (secondary N) is 1. The van der Waals surface area contributed by atoms with E-state index in [9.17, 15) is 13.7 Å². The first-order valence-corrected chi connectivity index (χ1v) is 13.6. The number of aromatic nitrogens is 1. The maximum Gasteiger partial charge on any atom is 0.252 e. The lowest BCUT2D eigenvalue weighted by molar-refractivity contribution is 0.0932. The number of hydrogen-bond donors (Lipinski definition) is 1. The summed E-state index contributed by atoms with van der Waals surface area (Å²) in [7, 11) is 0. The molecule has 6 heteroatoms. The molecule has 1 saturated carbocycles. The van der Waals surface area contributed by atoms with Crippen LogP contribution in [0.15, 0.2) is 78.9 Å². The smallest absolute Gasteiger partial charge is 0.252 e. The van der Waals surface area contributed by atoms with Crippen LogP contribution in [0.1, 0.15) is 40.4 Å². The number of para-hydroxylation sites is 1. The van der Waals surface area contributed by atoms with Crippen LogP contribution in [0.5, 0.6) is 0 Å². The van der Waals surface area contributed by atoms with Crippen LogP contribution in [0, 0.1) is 11.7 Å². The van der Waals surface area contributed by atoms with Crippen molar-refractivity contribution in [2.75, 3.05) is 12.0 Å². The summed E-state index contributed by atoms with van der Waals surface area (Å²) in [4.78, 5) is 18.9. The molecule has 1 aliphatic rings. The summed E-state index contributed by atoms with van der Waals surface area (Å²) >= 11 is -1.03.